The van der Waals surface area contributed by atoms with Crippen molar-refractivity contribution >= 4 is 69.6 Å². The maximum atomic E-state index is 6.97. The Bertz CT molecular complexity index is 1170. The predicted octanol–water partition coefficient (Wildman–Crippen LogP) is 9.02. The summed E-state index contributed by atoms with van der Waals surface area (Å²) in [5, 5.41) is 2.99. The van der Waals surface area contributed by atoms with Crippen molar-refractivity contribution in [3.8, 4) is 0 Å². The number of hydrogen-bond acceptors (Lipinski definition) is 3. The van der Waals surface area contributed by atoms with E-state index in [1.807, 2.05) is 59.8 Å². The van der Waals surface area contributed by atoms with Crippen molar-refractivity contribution in [1.82, 2.24) is 9.80 Å². The molecule has 0 saturated heterocycles. The second-order valence-electron chi connectivity index (χ2n) is 7.83. The van der Waals surface area contributed by atoms with Crippen molar-refractivity contribution < 1.29 is 4.74 Å². The van der Waals surface area contributed by atoms with Gasteiger partial charge >= 0.3 is 0 Å². The van der Waals surface area contributed by atoms with E-state index in [1.54, 1.807) is 18.2 Å². The van der Waals surface area contributed by atoms with Crippen LogP contribution in [0.4, 0.5) is 0 Å². The molecular formula is C25H20Cl6N2O. The van der Waals surface area contributed by atoms with E-state index in [0.717, 1.165) is 16.7 Å². The number of ether oxygens (including phenoxy) is 1. The minimum atomic E-state index is -0.491. The Labute approximate surface area is 229 Å². The van der Waals surface area contributed by atoms with E-state index in [0.29, 0.717) is 38.3 Å². The first-order chi connectivity index (χ1) is 16.3. The van der Waals surface area contributed by atoms with Gasteiger partial charge in [0.25, 0.3) is 0 Å². The van der Waals surface area contributed by atoms with Gasteiger partial charge in [0.05, 0.1) is 13.3 Å². The third-order valence-corrected chi connectivity index (χ3v) is 7.31. The molecule has 1 aliphatic rings. The molecule has 3 aromatic rings. The monoisotopic (exact) mass is 574 g/mol. The molecule has 0 saturated carbocycles. The molecule has 34 heavy (non-hydrogen) atoms. The van der Waals surface area contributed by atoms with Crippen LogP contribution in [0.25, 0.3) is 0 Å². The summed E-state index contributed by atoms with van der Waals surface area (Å²) in [6, 6.07) is 18.3. The topological polar surface area (TPSA) is 15.7 Å². The first-order valence-corrected chi connectivity index (χ1v) is 12.7. The third-order valence-electron chi connectivity index (χ3n) is 5.40. The second-order valence-corrected chi connectivity index (χ2v) is 10.4. The lowest BCUT2D eigenvalue weighted by Crippen LogP contribution is -2.35. The number of nitrogens with zero attached hydrogens (tertiary/aromatic N) is 2. The van der Waals surface area contributed by atoms with Gasteiger partial charge in [-0.2, -0.15) is 0 Å². The van der Waals surface area contributed by atoms with Crippen LogP contribution in [0.3, 0.4) is 0 Å². The van der Waals surface area contributed by atoms with E-state index in [9.17, 15) is 0 Å². The number of hydrogen-bond donors (Lipinski definition) is 0. The summed E-state index contributed by atoms with van der Waals surface area (Å²) in [6.07, 6.45) is 3.48. The van der Waals surface area contributed by atoms with Gasteiger partial charge in [-0.3, -0.25) is 0 Å². The lowest BCUT2D eigenvalue weighted by atomic mass is 10.1. The Balaban J connectivity index is 1.48. The highest BCUT2D eigenvalue weighted by atomic mass is 35.5. The molecule has 0 amide bonds. The summed E-state index contributed by atoms with van der Waals surface area (Å²) in [5.74, 6) is 0. The molecular weight excluding hydrogens is 557 g/mol. The molecule has 0 spiro atoms. The first kappa shape index (κ1) is 25.8. The van der Waals surface area contributed by atoms with E-state index >= 15 is 0 Å². The highest BCUT2D eigenvalue weighted by Gasteiger charge is 2.29. The van der Waals surface area contributed by atoms with Gasteiger partial charge in [-0.15, -0.1) is 0 Å². The summed E-state index contributed by atoms with van der Waals surface area (Å²) >= 11 is 37.8. The molecule has 0 aromatic heterocycles. The van der Waals surface area contributed by atoms with E-state index in [2.05, 4.69) is 4.90 Å². The van der Waals surface area contributed by atoms with Crippen LogP contribution in [0.5, 0.6) is 0 Å². The molecule has 0 N–H and O–H groups in total. The Kier molecular flexibility index (Phi) is 8.81. The lowest BCUT2D eigenvalue weighted by Gasteiger charge is -2.32. The molecule has 0 bridgehead atoms. The van der Waals surface area contributed by atoms with Gasteiger partial charge in [-0.25, -0.2) is 0 Å². The minimum Gasteiger partial charge on any atom is -0.365 e. The zero-order valence-corrected chi connectivity index (χ0v) is 22.3. The maximum Gasteiger partial charge on any atom is 0.135 e. The smallest absolute Gasteiger partial charge is 0.135 e. The molecule has 0 radical (unpaired) electrons. The Morgan fingerprint density at radius 3 is 1.94 bits per heavy atom. The minimum absolute atomic E-state index is 0.272. The van der Waals surface area contributed by atoms with Gasteiger partial charge in [0.15, 0.2) is 0 Å². The van der Waals surface area contributed by atoms with Crippen molar-refractivity contribution in [2.24, 2.45) is 0 Å². The van der Waals surface area contributed by atoms with Crippen LogP contribution in [0.2, 0.25) is 25.1 Å². The number of alkyl halides is 1. The second kappa shape index (κ2) is 11.6. The fourth-order valence-corrected chi connectivity index (χ4v) is 5.00. The SMILES string of the molecule is Clc1ccc(C(OCc2ccc(Cl)cc2Cl)C(Cl)N2C=CN(Cc3ccc(Cl)cc3Cl)C2)cc1. The quantitative estimate of drug-likeness (QED) is 0.196. The molecule has 2 unspecified atom stereocenters. The van der Waals surface area contributed by atoms with Gasteiger partial charge < -0.3 is 14.5 Å². The zero-order valence-electron chi connectivity index (χ0n) is 17.8. The number of halogens is 6. The molecule has 1 aliphatic heterocycles. The summed E-state index contributed by atoms with van der Waals surface area (Å²) in [6.45, 7) is 1.47. The van der Waals surface area contributed by atoms with Crippen LogP contribution in [0, 0.1) is 0 Å². The van der Waals surface area contributed by atoms with Crippen LogP contribution in [0.15, 0.2) is 73.1 Å². The Morgan fingerprint density at radius 1 is 0.735 bits per heavy atom. The van der Waals surface area contributed by atoms with Gasteiger partial charge in [-0.05, 0) is 53.1 Å². The Morgan fingerprint density at radius 2 is 1.32 bits per heavy atom. The largest absolute Gasteiger partial charge is 0.365 e. The fraction of sp³-hybridized carbons (Fsp3) is 0.200. The van der Waals surface area contributed by atoms with Crippen molar-refractivity contribution in [3.05, 3.63) is 115 Å². The van der Waals surface area contributed by atoms with E-state index in [4.69, 9.17) is 74.3 Å². The molecule has 0 aliphatic carbocycles. The molecule has 1 heterocycles. The summed E-state index contributed by atoms with van der Waals surface area (Å²) < 4.78 is 6.30. The molecule has 2 atom stereocenters. The summed E-state index contributed by atoms with van der Waals surface area (Å²) in [7, 11) is 0. The van der Waals surface area contributed by atoms with Crippen LogP contribution >= 0.6 is 69.6 Å². The van der Waals surface area contributed by atoms with Crippen molar-refractivity contribution in [2.75, 3.05) is 6.67 Å². The van der Waals surface area contributed by atoms with Crippen molar-refractivity contribution in [1.29, 1.82) is 0 Å². The molecule has 9 heteroatoms. The lowest BCUT2D eigenvalue weighted by molar-refractivity contribution is 0.00658. The average molecular weight is 577 g/mol. The fourth-order valence-electron chi connectivity index (χ4n) is 3.59. The highest BCUT2D eigenvalue weighted by molar-refractivity contribution is 6.35. The van der Waals surface area contributed by atoms with E-state index < -0.39 is 11.6 Å². The average Bonchev–Trinajstić information content (AvgIpc) is 3.27. The van der Waals surface area contributed by atoms with Crippen LogP contribution in [-0.2, 0) is 17.9 Å². The Hall–Kier alpha value is -1.30. The van der Waals surface area contributed by atoms with Gasteiger partial charge in [0.1, 0.15) is 11.6 Å². The normalized spacial score (nSPS) is 15.1. The van der Waals surface area contributed by atoms with Gasteiger partial charge in [-0.1, -0.05) is 93.9 Å². The van der Waals surface area contributed by atoms with Crippen molar-refractivity contribution in [2.45, 2.75) is 24.8 Å². The number of benzene rings is 3. The van der Waals surface area contributed by atoms with Gasteiger partial charge in [0, 0.05) is 44.1 Å². The van der Waals surface area contributed by atoms with Crippen LogP contribution in [-0.4, -0.2) is 22.0 Å². The van der Waals surface area contributed by atoms with E-state index in [1.165, 1.54) is 0 Å². The highest BCUT2D eigenvalue weighted by Crippen LogP contribution is 2.33. The summed E-state index contributed by atoms with van der Waals surface area (Å²) in [4.78, 5) is 4.12. The molecule has 3 aromatic carbocycles. The van der Waals surface area contributed by atoms with E-state index in [-0.39, 0.29) is 6.61 Å². The molecule has 178 valence electrons. The van der Waals surface area contributed by atoms with Crippen LogP contribution in [0.1, 0.15) is 22.8 Å². The standard InChI is InChI=1S/C25H20Cl6N2O/c26-19-5-1-16(2-6-19)24(34-14-18-4-8-21(28)12-23(18)30)25(31)33-10-9-32(15-33)13-17-3-7-20(27)11-22(17)29/h1-12,24-25H,13-15H2. The van der Waals surface area contributed by atoms with Crippen molar-refractivity contribution in [3.63, 3.8) is 0 Å². The molecule has 0 fully saturated rings. The number of rotatable bonds is 8. The van der Waals surface area contributed by atoms with Gasteiger partial charge in [0.2, 0.25) is 0 Å². The third kappa shape index (κ3) is 6.47. The molecule has 3 nitrogen and oxygen atoms in total. The molecule has 4 rings (SSSR count). The summed E-state index contributed by atoms with van der Waals surface area (Å²) in [5.41, 5.74) is 2.22. The maximum absolute atomic E-state index is 6.97. The predicted molar refractivity (Wildman–Crippen MR) is 143 cm³/mol. The van der Waals surface area contributed by atoms with Crippen LogP contribution < -0.4 is 0 Å². The first-order valence-electron chi connectivity index (χ1n) is 10.4. The zero-order chi connectivity index (χ0) is 24.2.